The van der Waals surface area contributed by atoms with Gasteiger partial charge in [-0.2, -0.15) is 0 Å². The van der Waals surface area contributed by atoms with Crippen molar-refractivity contribution in [1.82, 2.24) is 0 Å². The Morgan fingerprint density at radius 2 is 0.935 bits per heavy atom. The molecule has 0 aliphatic rings. The van der Waals surface area contributed by atoms with Crippen LogP contribution in [0.15, 0.2) is 93.5 Å². The van der Waals surface area contributed by atoms with Crippen molar-refractivity contribution in [2.24, 2.45) is 0 Å². The van der Waals surface area contributed by atoms with Gasteiger partial charge < -0.3 is 17.2 Å². The fourth-order valence-corrected chi connectivity index (χ4v) is 6.72. The van der Waals surface area contributed by atoms with E-state index in [0.29, 0.717) is 43.0 Å². The second kappa shape index (κ2) is 14.9. The summed E-state index contributed by atoms with van der Waals surface area (Å²) in [5.74, 6) is 0. The summed E-state index contributed by atoms with van der Waals surface area (Å²) < 4.78 is 0. The lowest BCUT2D eigenvalue weighted by atomic mass is 10.0. The van der Waals surface area contributed by atoms with Crippen molar-refractivity contribution in [3.05, 3.63) is 124 Å². The molecule has 0 bridgehead atoms. The summed E-state index contributed by atoms with van der Waals surface area (Å²) in [6, 6.07) is 19.8. The summed E-state index contributed by atoms with van der Waals surface area (Å²) in [6.07, 6.45) is 0. The molecule has 0 atom stereocenters. The smallest absolute Gasteiger partial charge is 0.278 e. The normalized spacial score (nSPS) is 10.7. The first-order chi connectivity index (χ1) is 21.7. The number of hydrogen-bond acceptors (Lipinski definition) is 9. The molecule has 5 aromatic carbocycles. The summed E-state index contributed by atoms with van der Waals surface area (Å²) >= 11 is 36.8. The van der Waals surface area contributed by atoms with Crippen LogP contribution in [0.2, 0.25) is 25.1 Å². The predicted molar refractivity (Wildman–Crippen MR) is 193 cm³/mol. The summed E-state index contributed by atoms with van der Waals surface area (Å²) in [5.41, 5.74) is 18.7. The average Bonchev–Trinajstić information content (AvgIpc) is 2.98. The third kappa shape index (κ3) is 7.87. The zero-order chi connectivity index (χ0) is 33.9. The average molecular weight is 756 g/mol. The SMILES string of the molecule is Nc1ccc(-c2c([N+](=O)[O-])ccc(Sc3ccc([N+](=O)[O-])c(-c4ccc(N)cc4Cl)c3Cl)c2Cl)c(Cl)c1.Nc1ccc(S)c(Cl)c1. The zero-order valence-corrected chi connectivity index (χ0v) is 28.5. The van der Waals surface area contributed by atoms with Gasteiger partial charge in [0, 0.05) is 55.0 Å². The molecular formula is C30H20Cl5N5O4S2. The number of nitrogen functional groups attached to an aromatic ring is 3. The number of nitro benzene ring substituents is 2. The molecule has 0 heterocycles. The van der Waals surface area contributed by atoms with Gasteiger partial charge in [0.2, 0.25) is 0 Å². The van der Waals surface area contributed by atoms with Crippen molar-refractivity contribution < 1.29 is 9.85 Å². The lowest BCUT2D eigenvalue weighted by molar-refractivity contribution is -0.384. The van der Waals surface area contributed by atoms with Gasteiger partial charge in [-0.1, -0.05) is 81.9 Å². The lowest BCUT2D eigenvalue weighted by Gasteiger charge is -2.15. The molecule has 9 nitrogen and oxygen atoms in total. The summed E-state index contributed by atoms with van der Waals surface area (Å²) in [6.45, 7) is 0. The molecule has 0 unspecified atom stereocenters. The Balaban J connectivity index is 0.000000459. The Bertz CT molecular complexity index is 1900. The second-order valence-electron chi connectivity index (χ2n) is 9.35. The van der Waals surface area contributed by atoms with E-state index in [0.717, 1.165) is 16.7 Å². The molecule has 0 radical (unpaired) electrons. The number of nitro groups is 2. The highest BCUT2D eigenvalue weighted by molar-refractivity contribution is 7.99. The standard InChI is InChI=1S/C24H14Cl4N4O4S.C6H6ClNS/c25-15-9-11(29)1-3-13(15)21-17(31(33)34)5-7-19(23(21)27)37-20-8-6-18(32(35)36)22(24(20)28)14-4-2-12(30)10-16(14)26;7-5-3-4(8)1-2-6(5)9/h1-10H,29-30H2;1-3,9H,8H2. The van der Waals surface area contributed by atoms with Crippen molar-refractivity contribution >= 4 is 111 Å². The first kappa shape index (κ1) is 35.3. The van der Waals surface area contributed by atoms with E-state index in [4.69, 9.17) is 75.2 Å². The molecule has 5 aromatic rings. The minimum absolute atomic E-state index is 0.0485. The fraction of sp³-hybridized carbons (Fsp3) is 0. The van der Waals surface area contributed by atoms with Crippen LogP contribution in [0.3, 0.4) is 0 Å². The van der Waals surface area contributed by atoms with Crippen LogP contribution in [0.4, 0.5) is 28.4 Å². The number of anilines is 3. The molecule has 0 fully saturated rings. The van der Waals surface area contributed by atoms with Crippen molar-refractivity contribution in [3.8, 4) is 22.3 Å². The Morgan fingerprint density at radius 1 is 0.565 bits per heavy atom. The second-order valence-corrected chi connectivity index (χ2v) is 12.9. The molecule has 46 heavy (non-hydrogen) atoms. The third-order valence-corrected chi connectivity index (χ3v) is 9.87. The van der Waals surface area contributed by atoms with E-state index in [-0.39, 0.29) is 42.6 Å². The third-order valence-electron chi connectivity index (χ3n) is 6.28. The Morgan fingerprint density at radius 3 is 1.26 bits per heavy atom. The van der Waals surface area contributed by atoms with Crippen molar-refractivity contribution in [3.63, 3.8) is 0 Å². The van der Waals surface area contributed by atoms with Crippen LogP contribution in [-0.4, -0.2) is 9.85 Å². The first-order valence-electron chi connectivity index (χ1n) is 12.7. The molecule has 0 spiro atoms. The van der Waals surface area contributed by atoms with Gasteiger partial charge in [0.25, 0.3) is 11.4 Å². The van der Waals surface area contributed by atoms with Crippen LogP contribution in [0.1, 0.15) is 0 Å². The van der Waals surface area contributed by atoms with E-state index in [9.17, 15) is 20.2 Å². The first-order valence-corrected chi connectivity index (χ1v) is 15.8. The zero-order valence-electron chi connectivity index (χ0n) is 23.0. The van der Waals surface area contributed by atoms with Gasteiger partial charge in [0.15, 0.2) is 0 Å². The van der Waals surface area contributed by atoms with E-state index in [2.05, 4.69) is 12.6 Å². The van der Waals surface area contributed by atoms with Crippen LogP contribution in [0.25, 0.3) is 22.3 Å². The quantitative estimate of drug-likeness (QED) is 0.0575. The maximum absolute atomic E-state index is 11.8. The van der Waals surface area contributed by atoms with Crippen LogP contribution >= 0.6 is 82.4 Å². The number of nitrogens with two attached hydrogens (primary N) is 3. The summed E-state index contributed by atoms with van der Waals surface area (Å²) in [5, 5.41) is 24.6. The van der Waals surface area contributed by atoms with E-state index in [1.807, 2.05) is 0 Å². The van der Waals surface area contributed by atoms with Gasteiger partial charge in [-0.15, -0.1) is 12.6 Å². The highest BCUT2D eigenvalue weighted by Crippen LogP contribution is 2.50. The monoisotopic (exact) mass is 753 g/mol. The Labute approximate surface area is 297 Å². The molecule has 0 aliphatic heterocycles. The van der Waals surface area contributed by atoms with Gasteiger partial charge in [0.05, 0.1) is 46.1 Å². The Hall–Kier alpha value is -3.55. The molecule has 16 heteroatoms. The van der Waals surface area contributed by atoms with E-state index in [1.54, 1.807) is 42.5 Å². The van der Waals surface area contributed by atoms with E-state index < -0.39 is 9.85 Å². The highest BCUT2D eigenvalue weighted by atomic mass is 35.5. The van der Waals surface area contributed by atoms with Crippen LogP contribution < -0.4 is 17.2 Å². The molecule has 0 amide bonds. The Kier molecular flexibility index (Phi) is 11.4. The number of nitrogens with zero attached hydrogens (tertiary/aromatic N) is 2. The number of rotatable bonds is 6. The van der Waals surface area contributed by atoms with Crippen molar-refractivity contribution in [2.75, 3.05) is 17.2 Å². The van der Waals surface area contributed by atoms with Gasteiger partial charge in [0.1, 0.15) is 0 Å². The van der Waals surface area contributed by atoms with E-state index in [1.165, 1.54) is 36.4 Å². The molecule has 6 N–H and O–H groups in total. The van der Waals surface area contributed by atoms with Gasteiger partial charge >= 0.3 is 0 Å². The number of thiol groups is 1. The maximum Gasteiger partial charge on any atom is 0.278 e. The summed E-state index contributed by atoms with van der Waals surface area (Å²) in [4.78, 5) is 24.0. The van der Waals surface area contributed by atoms with Gasteiger partial charge in [-0.3, -0.25) is 20.2 Å². The number of benzene rings is 5. The maximum atomic E-state index is 11.8. The molecule has 0 saturated heterocycles. The molecule has 0 saturated carbocycles. The lowest BCUT2D eigenvalue weighted by Crippen LogP contribution is -1.97. The summed E-state index contributed by atoms with van der Waals surface area (Å²) in [7, 11) is 0. The van der Waals surface area contributed by atoms with Crippen molar-refractivity contribution in [1.29, 1.82) is 0 Å². The van der Waals surface area contributed by atoms with Crippen LogP contribution in [0, 0.1) is 20.2 Å². The molecule has 0 aliphatic carbocycles. The molecule has 0 aromatic heterocycles. The topological polar surface area (TPSA) is 164 Å². The van der Waals surface area contributed by atoms with Gasteiger partial charge in [-0.05, 0) is 54.6 Å². The molecular weight excluding hydrogens is 736 g/mol. The van der Waals surface area contributed by atoms with Crippen LogP contribution in [-0.2, 0) is 0 Å². The number of halogens is 5. The number of hydrogen-bond donors (Lipinski definition) is 4. The fourth-order valence-electron chi connectivity index (χ4n) is 4.18. The molecule has 5 rings (SSSR count). The predicted octanol–water partition coefficient (Wildman–Crippen LogP) is 11.0. The van der Waals surface area contributed by atoms with Gasteiger partial charge in [-0.25, -0.2) is 0 Å². The largest absolute Gasteiger partial charge is 0.399 e. The highest BCUT2D eigenvalue weighted by Gasteiger charge is 2.27. The minimum atomic E-state index is -0.567. The van der Waals surface area contributed by atoms with E-state index >= 15 is 0 Å². The van der Waals surface area contributed by atoms with Crippen molar-refractivity contribution in [2.45, 2.75) is 14.7 Å². The molecule has 236 valence electrons. The minimum Gasteiger partial charge on any atom is -0.399 e. The van der Waals surface area contributed by atoms with Crippen LogP contribution in [0.5, 0.6) is 0 Å².